The van der Waals surface area contributed by atoms with Crippen molar-refractivity contribution >= 4 is 38.4 Å². The molecule has 148 valence electrons. The number of hydrogen-bond donors (Lipinski definition) is 1. The quantitative estimate of drug-likeness (QED) is 0.502. The Labute approximate surface area is 173 Å². The molecule has 0 bridgehead atoms. The summed E-state index contributed by atoms with van der Waals surface area (Å²) in [6.45, 7) is 2.59. The van der Waals surface area contributed by atoms with Crippen LogP contribution in [0.25, 0.3) is 21.1 Å². The molecule has 5 nitrogen and oxygen atoms in total. The van der Waals surface area contributed by atoms with Crippen molar-refractivity contribution in [3.8, 4) is 11.5 Å². The molecule has 0 atom stereocenters. The lowest BCUT2D eigenvalue weighted by molar-refractivity contribution is 0.0958. The highest BCUT2D eigenvalue weighted by molar-refractivity contribution is 7.20. The largest absolute Gasteiger partial charge is 0.493 e. The summed E-state index contributed by atoms with van der Waals surface area (Å²) in [6, 6.07) is 16.0. The van der Waals surface area contributed by atoms with E-state index in [1.165, 1.54) is 16.9 Å². The third kappa shape index (κ3) is 4.03. The molecular formula is C23H22N2O3S. The maximum Gasteiger partial charge on any atom is 0.261 e. The van der Waals surface area contributed by atoms with Crippen molar-refractivity contribution < 1.29 is 14.3 Å². The molecule has 0 radical (unpaired) electrons. The van der Waals surface area contributed by atoms with Gasteiger partial charge in [0.25, 0.3) is 5.91 Å². The first-order chi connectivity index (χ1) is 14.1. The first-order valence-electron chi connectivity index (χ1n) is 9.37. The molecule has 0 unspecified atom stereocenters. The Kier molecular flexibility index (Phi) is 5.36. The average molecular weight is 407 g/mol. The van der Waals surface area contributed by atoms with Gasteiger partial charge in [0.15, 0.2) is 11.5 Å². The maximum atomic E-state index is 12.6. The lowest BCUT2D eigenvalue weighted by atomic mass is 10.1. The van der Waals surface area contributed by atoms with Crippen molar-refractivity contribution in [1.82, 2.24) is 10.3 Å². The van der Waals surface area contributed by atoms with Crippen molar-refractivity contribution in [2.24, 2.45) is 0 Å². The summed E-state index contributed by atoms with van der Waals surface area (Å²) in [6.07, 6.45) is 0.707. The minimum atomic E-state index is -0.0753. The Balaban J connectivity index is 1.45. The van der Waals surface area contributed by atoms with Gasteiger partial charge in [-0.05, 0) is 54.8 Å². The summed E-state index contributed by atoms with van der Waals surface area (Å²) in [7, 11) is 3.23. The average Bonchev–Trinajstić information content (AvgIpc) is 3.14. The van der Waals surface area contributed by atoms with Crippen LogP contribution in [0.2, 0.25) is 0 Å². The summed E-state index contributed by atoms with van der Waals surface area (Å²) in [5, 5.41) is 5.08. The normalized spacial score (nSPS) is 11.0. The highest BCUT2D eigenvalue weighted by Gasteiger charge is 2.12. The summed E-state index contributed by atoms with van der Waals surface area (Å²) < 4.78 is 10.6. The highest BCUT2D eigenvalue weighted by Crippen LogP contribution is 2.29. The number of hydrogen-bond acceptors (Lipinski definition) is 5. The Morgan fingerprint density at radius 1 is 1.00 bits per heavy atom. The van der Waals surface area contributed by atoms with Crippen LogP contribution in [0.5, 0.6) is 11.5 Å². The number of benzene rings is 2. The molecule has 1 amide bonds. The van der Waals surface area contributed by atoms with E-state index in [2.05, 4.69) is 36.5 Å². The zero-order valence-electron chi connectivity index (χ0n) is 16.6. The molecule has 2 aromatic carbocycles. The first kappa shape index (κ1) is 19.2. The second-order valence-corrected chi connectivity index (χ2v) is 7.92. The van der Waals surface area contributed by atoms with Gasteiger partial charge < -0.3 is 14.8 Å². The molecule has 0 spiro atoms. The Hall–Kier alpha value is -3.12. The molecule has 0 aliphatic heterocycles. The monoisotopic (exact) mass is 406 g/mol. The smallest absolute Gasteiger partial charge is 0.261 e. The molecule has 0 fully saturated rings. The molecule has 0 aliphatic carbocycles. The number of pyridine rings is 1. The van der Waals surface area contributed by atoms with Crippen LogP contribution in [0.1, 0.15) is 20.8 Å². The number of methoxy groups -OCH3 is 2. The van der Waals surface area contributed by atoms with Gasteiger partial charge in [0.1, 0.15) is 4.83 Å². The number of aryl methyl sites for hydroxylation is 1. The van der Waals surface area contributed by atoms with Gasteiger partial charge >= 0.3 is 0 Å². The molecule has 0 aliphatic rings. The number of carbonyl (C=O) groups is 1. The molecule has 0 saturated carbocycles. The van der Waals surface area contributed by atoms with E-state index in [4.69, 9.17) is 14.5 Å². The maximum absolute atomic E-state index is 12.6. The number of nitrogens with one attached hydrogen (secondary N) is 1. The van der Waals surface area contributed by atoms with Gasteiger partial charge in [-0.25, -0.2) is 4.98 Å². The van der Waals surface area contributed by atoms with Crippen molar-refractivity contribution in [2.75, 3.05) is 20.8 Å². The van der Waals surface area contributed by atoms with Crippen LogP contribution < -0.4 is 14.8 Å². The van der Waals surface area contributed by atoms with E-state index in [0.29, 0.717) is 29.3 Å². The number of aromatic nitrogens is 1. The third-order valence-corrected chi connectivity index (χ3v) is 5.87. The minimum Gasteiger partial charge on any atom is -0.493 e. The summed E-state index contributed by atoms with van der Waals surface area (Å²) in [5.41, 5.74) is 3.20. The van der Waals surface area contributed by atoms with E-state index >= 15 is 0 Å². The zero-order chi connectivity index (χ0) is 20.4. The second kappa shape index (κ2) is 8.09. The number of thiophene rings is 1. The van der Waals surface area contributed by atoms with Gasteiger partial charge in [-0.3, -0.25) is 4.79 Å². The van der Waals surface area contributed by atoms with Crippen molar-refractivity contribution in [3.63, 3.8) is 0 Å². The van der Waals surface area contributed by atoms with Gasteiger partial charge in [-0.15, -0.1) is 11.3 Å². The lowest BCUT2D eigenvalue weighted by Gasteiger charge is -2.09. The lowest BCUT2D eigenvalue weighted by Crippen LogP contribution is -2.24. The molecule has 2 aromatic heterocycles. The second-order valence-electron chi connectivity index (χ2n) is 6.88. The van der Waals surface area contributed by atoms with Crippen LogP contribution in [0.15, 0.2) is 48.5 Å². The highest BCUT2D eigenvalue weighted by atomic mass is 32.1. The van der Waals surface area contributed by atoms with E-state index in [1.54, 1.807) is 14.2 Å². The fraction of sp³-hybridized carbons (Fsp3) is 0.217. The van der Waals surface area contributed by atoms with Gasteiger partial charge in [0.05, 0.1) is 24.6 Å². The molecular weight excluding hydrogens is 384 g/mol. The van der Waals surface area contributed by atoms with Gasteiger partial charge in [-0.2, -0.15) is 0 Å². The zero-order valence-corrected chi connectivity index (χ0v) is 17.4. The number of ether oxygens (including phenoxy) is 2. The van der Waals surface area contributed by atoms with Crippen LogP contribution in [-0.2, 0) is 6.42 Å². The van der Waals surface area contributed by atoms with Crippen LogP contribution in [0.3, 0.4) is 0 Å². The van der Waals surface area contributed by atoms with E-state index in [1.807, 2.05) is 24.3 Å². The first-order valence-corrected chi connectivity index (χ1v) is 10.2. The Bertz CT molecular complexity index is 1200. The standard InChI is InChI=1S/C23H22N2O3S/c1-14-4-6-16-12-17-13-21(29-23(17)25-18(16)10-14)22(26)24-9-8-15-5-7-19(27-2)20(11-15)28-3/h4-7,10-13H,8-9H2,1-3H3,(H,24,26). The Morgan fingerprint density at radius 2 is 1.83 bits per heavy atom. The fourth-order valence-electron chi connectivity index (χ4n) is 3.29. The van der Waals surface area contributed by atoms with Crippen molar-refractivity contribution in [3.05, 3.63) is 64.5 Å². The molecule has 4 rings (SSSR count). The van der Waals surface area contributed by atoms with Gasteiger partial charge in [0.2, 0.25) is 0 Å². The topological polar surface area (TPSA) is 60.5 Å². The number of carbonyl (C=O) groups excluding carboxylic acids is 1. The summed E-state index contributed by atoms with van der Waals surface area (Å²) >= 11 is 1.42. The van der Waals surface area contributed by atoms with Crippen LogP contribution in [0, 0.1) is 6.92 Å². The fourth-order valence-corrected chi connectivity index (χ4v) is 4.23. The van der Waals surface area contributed by atoms with Crippen molar-refractivity contribution in [1.29, 1.82) is 0 Å². The molecule has 0 saturated heterocycles. The summed E-state index contributed by atoms with van der Waals surface area (Å²) in [5.74, 6) is 1.31. The predicted octanol–water partition coefficient (Wildman–Crippen LogP) is 4.75. The van der Waals surface area contributed by atoms with Crippen LogP contribution in [-0.4, -0.2) is 31.7 Å². The van der Waals surface area contributed by atoms with Crippen molar-refractivity contribution in [2.45, 2.75) is 13.3 Å². The number of amides is 1. The number of rotatable bonds is 6. The SMILES string of the molecule is COc1ccc(CCNC(=O)c2cc3cc4ccc(C)cc4nc3s2)cc1OC. The minimum absolute atomic E-state index is 0.0753. The molecule has 2 heterocycles. The molecule has 6 heteroatoms. The third-order valence-electron chi connectivity index (χ3n) is 4.83. The number of fused-ring (bicyclic) bond motifs is 2. The molecule has 1 N–H and O–H groups in total. The van der Waals surface area contributed by atoms with Crippen LogP contribution >= 0.6 is 11.3 Å². The number of nitrogens with zero attached hydrogens (tertiary/aromatic N) is 1. The van der Waals surface area contributed by atoms with E-state index in [9.17, 15) is 4.79 Å². The van der Waals surface area contributed by atoms with Gasteiger partial charge in [0, 0.05) is 17.3 Å². The van der Waals surface area contributed by atoms with Gasteiger partial charge in [-0.1, -0.05) is 18.2 Å². The van der Waals surface area contributed by atoms with E-state index < -0.39 is 0 Å². The molecule has 29 heavy (non-hydrogen) atoms. The Morgan fingerprint density at radius 3 is 2.62 bits per heavy atom. The van der Waals surface area contributed by atoms with Crippen LogP contribution in [0.4, 0.5) is 0 Å². The molecule has 4 aromatic rings. The summed E-state index contributed by atoms with van der Waals surface area (Å²) in [4.78, 5) is 18.9. The van der Waals surface area contributed by atoms with E-state index in [0.717, 1.165) is 26.7 Å². The van der Waals surface area contributed by atoms with E-state index in [-0.39, 0.29) is 5.91 Å². The predicted molar refractivity (Wildman–Crippen MR) is 117 cm³/mol.